The molecule has 0 aromatic heterocycles. The van der Waals surface area contributed by atoms with Gasteiger partial charge in [0.25, 0.3) is 0 Å². The molecule has 4 N–H and O–H groups in total. The number of hydrogen-bond acceptors (Lipinski definition) is 4. The lowest BCUT2D eigenvalue weighted by molar-refractivity contribution is 0.242. The van der Waals surface area contributed by atoms with Crippen LogP contribution in [-0.4, -0.2) is 26.7 Å². The molecule has 0 saturated heterocycles. The third kappa shape index (κ3) is 5.21. The lowest BCUT2D eigenvalue weighted by atomic mass is 9.88. The third-order valence-corrected chi connectivity index (χ3v) is 5.20. The molecule has 0 spiro atoms. The first kappa shape index (κ1) is 18.3. The van der Waals surface area contributed by atoms with Crippen LogP contribution in [0.1, 0.15) is 26.7 Å². The van der Waals surface area contributed by atoms with Gasteiger partial charge in [0.15, 0.2) is 0 Å². The van der Waals surface area contributed by atoms with Crippen LogP contribution in [0.15, 0.2) is 21.5 Å². The van der Waals surface area contributed by atoms with E-state index in [1.165, 1.54) is 0 Å². The maximum absolute atomic E-state index is 13.8. The number of nitrogens with two attached hydrogens (primary N) is 1. The molecule has 0 radical (unpaired) electrons. The van der Waals surface area contributed by atoms with E-state index in [-0.39, 0.29) is 24.3 Å². The van der Waals surface area contributed by atoms with Crippen molar-refractivity contribution in [3.05, 3.63) is 22.4 Å². The largest absolute Gasteiger partial charge is 0.398 e. The lowest BCUT2D eigenvalue weighted by Gasteiger charge is -2.24. The van der Waals surface area contributed by atoms with Gasteiger partial charge in [0.1, 0.15) is 10.7 Å². The Bertz CT molecular complexity index is 606. The van der Waals surface area contributed by atoms with Crippen molar-refractivity contribution in [3.8, 4) is 0 Å². The molecule has 0 heterocycles. The Balaban J connectivity index is 2.90. The van der Waals surface area contributed by atoms with E-state index in [9.17, 15) is 12.8 Å². The van der Waals surface area contributed by atoms with E-state index in [0.29, 0.717) is 17.3 Å². The lowest BCUT2D eigenvalue weighted by Crippen LogP contribution is -2.34. The highest BCUT2D eigenvalue weighted by atomic mass is 79.9. The van der Waals surface area contributed by atoms with Crippen LogP contribution in [0.3, 0.4) is 0 Å². The van der Waals surface area contributed by atoms with E-state index in [0.717, 1.165) is 12.1 Å². The number of nitrogens with one attached hydrogen (secondary N) is 1. The van der Waals surface area contributed by atoms with Gasteiger partial charge in [0.2, 0.25) is 10.0 Å². The minimum Gasteiger partial charge on any atom is -0.398 e. The third-order valence-electron chi connectivity index (χ3n) is 3.09. The molecule has 120 valence electrons. The summed E-state index contributed by atoms with van der Waals surface area (Å²) in [7, 11) is -3.98. The van der Waals surface area contributed by atoms with Gasteiger partial charge < -0.3 is 10.8 Å². The fraction of sp³-hybridized carbons (Fsp3) is 0.538. The van der Waals surface area contributed by atoms with Crippen molar-refractivity contribution >= 4 is 31.6 Å². The van der Waals surface area contributed by atoms with Crippen molar-refractivity contribution in [1.29, 1.82) is 0 Å². The van der Waals surface area contributed by atoms with E-state index in [1.54, 1.807) is 0 Å². The van der Waals surface area contributed by atoms with Crippen molar-refractivity contribution in [1.82, 2.24) is 4.72 Å². The summed E-state index contributed by atoms with van der Waals surface area (Å²) in [5.41, 5.74) is 5.41. The minimum atomic E-state index is -3.98. The summed E-state index contributed by atoms with van der Waals surface area (Å²) < 4.78 is 40.8. The number of rotatable bonds is 7. The topological polar surface area (TPSA) is 92.4 Å². The zero-order valence-corrected chi connectivity index (χ0v) is 14.4. The van der Waals surface area contributed by atoms with Gasteiger partial charge in [-0.15, -0.1) is 0 Å². The second-order valence-corrected chi connectivity index (χ2v) is 8.21. The second-order valence-electron chi connectivity index (χ2n) is 5.62. The van der Waals surface area contributed by atoms with Crippen molar-refractivity contribution in [2.45, 2.75) is 31.6 Å². The molecule has 0 unspecified atom stereocenters. The molecule has 8 heteroatoms. The van der Waals surface area contributed by atoms with E-state index in [4.69, 9.17) is 10.8 Å². The van der Waals surface area contributed by atoms with Crippen LogP contribution in [-0.2, 0) is 10.0 Å². The van der Waals surface area contributed by atoms with E-state index >= 15 is 0 Å². The fourth-order valence-corrected chi connectivity index (χ4v) is 3.41. The summed E-state index contributed by atoms with van der Waals surface area (Å²) >= 11 is 3.04. The number of anilines is 1. The molecule has 0 amide bonds. The minimum absolute atomic E-state index is 0.0497. The Kier molecular flexibility index (Phi) is 6.15. The Morgan fingerprint density at radius 1 is 1.43 bits per heavy atom. The average Bonchev–Trinajstić information content (AvgIpc) is 2.38. The Hall–Kier alpha value is -0.700. The van der Waals surface area contributed by atoms with Crippen LogP contribution in [0.2, 0.25) is 0 Å². The SMILES string of the molecule is CC(C)(CCCO)CNS(=O)(=O)c1cc(N)c(Br)cc1F. The molecule has 5 nitrogen and oxygen atoms in total. The molecule has 0 saturated carbocycles. The Labute approximate surface area is 132 Å². The molecular formula is C13H20BrFN2O3S. The summed E-state index contributed by atoms with van der Waals surface area (Å²) in [5.74, 6) is -0.864. The maximum Gasteiger partial charge on any atom is 0.243 e. The quantitative estimate of drug-likeness (QED) is 0.630. The van der Waals surface area contributed by atoms with Crippen LogP contribution in [0.25, 0.3) is 0 Å². The maximum atomic E-state index is 13.8. The van der Waals surface area contributed by atoms with E-state index < -0.39 is 20.7 Å². The zero-order chi connectivity index (χ0) is 16.3. The number of sulfonamides is 1. The van der Waals surface area contributed by atoms with E-state index in [2.05, 4.69) is 20.7 Å². The summed E-state index contributed by atoms with van der Waals surface area (Å²) in [4.78, 5) is -0.471. The van der Waals surface area contributed by atoms with Gasteiger partial charge in [-0.05, 0) is 46.3 Å². The molecule has 0 aliphatic carbocycles. The van der Waals surface area contributed by atoms with Crippen LogP contribution in [0.4, 0.5) is 10.1 Å². The first-order valence-corrected chi connectivity index (χ1v) is 8.72. The van der Waals surface area contributed by atoms with Gasteiger partial charge in [0.05, 0.1) is 0 Å². The summed E-state index contributed by atoms with van der Waals surface area (Å²) in [6, 6.07) is 2.11. The first-order valence-electron chi connectivity index (χ1n) is 6.44. The summed E-state index contributed by atoms with van der Waals surface area (Å²) in [6.07, 6.45) is 1.23. The van der Waals surface area contributed by atoms with Crippen LogP contribution in [0, 0.1) is 11.2 Å². The highest BCUT2D eigenvalue weighted by Gasteiger charge is 2.25. The molecule has 1 rings (SSSR count). The Morgan fingerprint density at radius 3 is 2.62 bits per heavy atom. The fourth-order valence-electron chi connectivity index (χ4n) is 1.76. The molecule has 1 aromatic carbocycles. The number of aliphatic hydroxyl groups is 1. The average molecular weight is 383 g/mol. The van der Waals surface area contributed by atoms with Gasteiger partial charge in [-0.3, -0.25) is 0 Å². The normalized spacial score (nSPS) is 12.6. The molecule has 0 aliphatic heterocycles. The first-order chi connectivity index (χ1) is 9.59. The van der Waals surface area contributed by atoms with Crippen molar-refractivity contribution in [3.63, 3.8) is 0 Å². The van der Waals surface area contributed by atoms with Gasteiger partial charge in [-0.2, -0.15) is 0 Å². The van der Waals surface area contributed by atoms with Gasteiger partial charge in [0, 0.05) is 23.3 Å². The molecule has 1 aromatic rings. The second kappa shape index (κ2) is 7.04. The van der Waals surface area contributed by atoms with Gasteiger partial charge in [-0.1, -0.05) is 13.8 Å². The highest BCUT2D eigenvalue weighted by Crippen LogP contribution is 2.27. The number of halogens is 2. The van der Waals surface area contributed by atoms with Gasteiger partial charge in [-0.25, -0.2) is 17.5 Å². The summed E-state index contributed by atoms with van der Waals surface area (Å²) in [6.45, 7) is 3.94. The van der Waals surface area contributed by atoms with Gasteiger partial charge >= 0.3 is 0 Å². The van der Waals surface area contributed by atoms with E-state index in [1.807, 2.05) is 13.8 Å². The van der Waals surface area contributed by atoms with Crippen molar-refractivity contribution in [2.24, 2.45) is 5.41 Å². The number of benzene rings is 1. The predicted molar refractivity (Wildman–Crippen MR) is 83.8 cm³/mol. The Morgan fingerprint density at radius 2 is 2.05 bits per heavy atom. The molecule has 0 fully saturated rings. The van der Waals surface area contributed by atoms with Crippen LogP contribution < -0.4 is 10.5 Å². The number of nitrogen functional groups attached to an aromatic ring is 1. The number of hydrogen-bond donors (Lipinski definition) is 3. The summed E-state index contributed by atoms with van der Waals surface area (Å²) in [5, 5.41) is 8.82. The standard InChI is InChI=1S/C13H20BrFN2O3S/c1-13(2,4-3-5-18)8-17-21(19,20)12-7-11(16)9(14)6-10(12)15/h6-7,17-18H,3-5,8,16H2,1-2H3. The molecule has 0 atom stereocenters. The molecule has 0 aliphatic rings. The van der Waals surface area contributed by atoms with Crippen molar-refractivity contribution < 1.29 is 17.9 Å². The highest BCUT2D eigenvalue weighted by molar-refractivity contribution is 9.10. The predicted octanol–water partition coefficient (Wildman–Crippen LogP) is 2.25. The smallest absolute Gasteiger partial charge is 0.243 e. The number of aliphatic hydroxyl groups excluding tert-OH is 1. The molecular weight excluding hydrogens is 363 g/mol. The molecule has 21 heavy (non-hydrogen) atoms. The van der Waals surface area contributed by atoms with Crippen LogP contribution in [0.5, 0.6) is 0 Å². The zero-order valence-electron chi connectivity index (χ0n) is 12.0. The van der Waals surface area contributed by atoms with Crippen LogP contribution >= 0.6 is 15.9 Å². The monoisotopic (exact) mass is 382 g/mol. The molecule has 0 bridgehead atoms. The van der Waals surface area contributed by atoms with Crippen molar-refractivity contribution in [2.75, 3.05) is 18.9 Å².